The van der Waals surface area contributed by atoms with Crippen LogP contribution >= 0.6 is 0 Å². The first-order chi connectivity index (χ1) is 12.7. The monoisotopic (exact) mass is 349 g/mol. The lowest BCUT2D eigenvalue weighted by Crippen LogP contribution is -2.48. The summed E-state index contributed by atoms with van der Waals surface area (Å²) in [5.41, 5.74) is 2.10. The zero-order chi connectivity index (χ0) is 17.9. The summed E-state index contributed by atoms with van der Waals surface area (Å²) < 4.78 is 1.50. The summed E-state index contributed by atoms with van der Waals surface area (Å²) in [5.74, 6) is -0.0790. The summed E-state index contributed by atoms with van der Waals surface area (Å²) >= 11 is 0. The number of H-pyrrole nitrogens is 1. The molecule has 1 fully saturated rings. The topological polar surface area (TPSA) is 83.0 Å². The lowest BCUT2D eigenvalue weighted by molar-refractivity contribution is 0.0702. The average Bonchev–Trinajstić information content (AvgIpc) is 3.23. The molecule has 0 radical (unpaired) electrons. The summed E-state index contributed by atoms with van der Waals surface area (Å²) in [6.45, 7) is 1.89. The molecular weight excluding hydrogens is 330 g/mol. The Kier molecular flexibility index (Phi) is 4.37. The highest BCUT2D eigenvalue weighted by Crippen LogP contribution is 2.17. The van der Waals surface area contributed by atoms with Crippen LogP contribution in [0, 0.1) is 0 Å². The van der Waals surface area contributed by atoms with E-state index in [1.807, 2.05) is 41.4 Å². The molecule has 0 bridgehead atoms. The third-order valence-electron chi connectivity index (χ3n) is 4.58. The lowest BCUT2D eigenvalue weighted by atomic mass is 10.1. The number of benzene rings is 1. The van der Waals surface area contributed by atoms with Gasteiger partial charge in [0.15, 0.2) is 0 Å². The van der Waals surface area contributed by atoms with Crippen molar-refractivity contribution in [3.8, 4) is 5.69 Å². The fourth-order valence-electron chi connectivity index (χ4n) is 3.20. The third kappa shape index (κ3) is 3.16. The van der Waals surface area contributed by atoms with E-state index in [4.69, 9.17) is 0 Å². The number of aromatic amines is 1. The Hall–Kier alpha value is -3.19. The Bertz CT molecular complexity index is 950. The smallest absolute Gasteiger partial charge is 0.255 e. The molecule has 0 saturated carbocycles. The second-order valence-corrected chi connectivity index (χ2v) is 6.25. The number of carbonyl (C=O) groups excluding carboxylic acids is 1. The van der Waals surface area contributed by atoms with Gasteiger partial charge in [-0.2, -0.15) is 5.10 Å². The Balaban J connectivity index is 1.59. The average molecular weight is 349 g/mol. The molecule has 0 spiro atoms. The Morgan fingerprint density at radius 1 is 1.15 bits per heavy atom. The highest BCUT2D eigenvalue weighted by Gasteiger charge is 2.26. The maximum Gasteiger partial charge on any atom is 0.255 e. The number of rotatable bonds is 3. The van der Waals surface area contributed by atoms with Crippen molar-refractivity contribution in [3.05, 3.63) is 82.5 Å². The number of carbonyl (C=O) groups is 1. The zero-order valence-corrected chi connectivity index (χ0v) is 14.1. The van der Waals surface area contributed by atoms with Gasteiger partial charge in [-0.15, -0.1) is 0 Å². The van der Waals surface area contributed by atoms with Crippen LogP contribution in [0.3, 0.4) is 0 Å². The van der Waals surface area contributed by atoms with Gasteiger partial charge >= 0.3 is 0 Å². The lowest BCUT2D eigenvalue weighted by Gasteiger charge is -2.33. The van der Waals surface area contributed by atoms with Crippen LogP contribution in [0.25, 0.3) is 5.69 Å². The van der Waals surface area contributed by atoms with E-state index in [1.165, 1.54) is 10.6 Å². The largest absolute Gasteiger partial charge is 0.335 e. The molecule has 26 heavy (non-hydrogen) atoms. The van der Waals surface area contributed by atoms with Crippen LogP contribution in [0.4, 0.5) is 0 Å². The molecule has 1 aliphatic rings. The van der Waals surface area contributed by atoms with Crippen LogP contribution in [-0.2, 0) is 0 Å². The maximum atomic E-state index is 13.0. The summed E-state index contributed by atoms with van der Waals surface area (Å²) in [7, 11) is 0. The van der Waals surface area contributed by atoms with E-state index in [0.717, 1.165) is 11.3 Å². The SMILES string of the molecule is O=C(c1ccc(=O)n(-c2ccccc2)c1)N1CCNC(c2cn[nH]c2)C1. The van der Waals surface area contributed by atoms with Crippen molar-refractivity contribution < 1.29 is 4.79 Å². The highest BCUT2D eigenvalue weighted by atomic mass is 16.2. The van der Waals surface area contributed by atoms with Gasteiger partial charge in [-0.05, 0) is 18.2 Å². The number of hydrogen-bond acceptors (Lipinski definition) is 4. The molecule has 1 unspecified atom stereocenters. The predicted octanol–water partition coefficient (Wildman–Crippen LogP) is 1.35. The van der Waals surface area contributed by atoms with Gasteiger partial charge in [-0.3, -0.25) is 19.3 Å². The fraction of sp³-hybridized carbons (Fsp3) is 0.211. The minimum atomic E-state index is -0.163. The molecule has 132 valence electrons. The van der Waals surface area contributed by atoms with Gasteiger partial charge in [0, 0.05) is 49.3 Å². The first-order valence-corrected chi connectivity index (χ1v) is 8.52. The van der Waals surface area contributed by atoms with Crippen molar-refractivity contribution in [1.82, 2.24) is 25.0 Å². The van der Waals surface area contributed by atoms with E-state index in [1.54, 1.807) is 18.5 Å². The highest BCUT2D eigenvalue weighted by molar-refractivity contribution is 5.94. The van der Waals surface area contributed by atoms with E-state index < -0.39 is 0 Å². The van der Waals surface area contributed by atoms with E-state index in [-0.39, 0.29) is 17.5 Å². The van der Waals surface area contributed by atoms with E-state index >= 15 is 0 Å². The summed E-state index contributed by atoms with van der Waals surface area (Å²) in [4.78, 5) is 27.0. The molecular formula is C19H19N5O2. The van der Waals surface area contributed by atoms with Gasteiger partial charge in [0.1, 0.15) is 0 Å². The molecule has 1 atom stereocenters. The normalized spacial score (nSPS) is 17.2. The van der Waals surface area contributed by atoms with Crippen molar-refractivity contribution in [2.45, 2.75) is 6.04 Å². The second-order valence-electron chi connectivity index (χ2n) is 6.25. The van der Waals surface area contributed by atoms with Crippen molar-refractivity contribution >= 4 is 5.91 Å². The first-order valence-electron chi connectivity index (χ1n) is 8.52. The van der Waals surface area contributed by atoms with Crippen molar-refractivity contribution in [2.75, 3.05) is 19.6 Å². The number of pyridine rings is 1. The number of hydrogen-bond donors (Lipinski definition) is 2. The van der Waals surface area contributed by atoms with Crippen molar-refractivity contribution in [1.29, 1.82) is 0 Å². The van der Waals surface area contributed by atoms with Gasteiger partial charge < -0.3 is 10.2 Å². The van der Waals surface area contributed by atoms with E-state index in [2.05, 4.69) is 15.5 Å². The predicted molar refractivity (Wildman–Crippen MR) is 97.3 cm³/mol. The number of nitrogens with zero attached hydrogens (tertiary/aromatic N) is 3. The Labute approximate surface area is 150 Å². The van der Waals surface area contributed by atoms with E-state index in [9.17, 15) is 9.59 Å². The number of piperazine rings is 1. The van der Waals surface area contributed by atoms with Crippen LogP contribution in [-0.4, -0.2) is 45.2 Å². The van der Waals surface area contributed by atoms with Crippen molar-refractivity contribution in [2.24, 2.45) is 0 Å². The van der Waals surface area contributed by atoms with Gasteiger partial charge in [-0.1, -0.05) is 18.2 Å². The Morgan fingerprint density at radius 2 is 2.00 bits per heavy atom. The molecule has 2 N–H and O–H groups in total. The molecule has 3 heterocycles. The van der Waals surface area contributed by atoms with Crippen LogP contribution in [0.15, 0.2) is 65.8 Å². The molecule has 1 aliphatic heterocycles. The minimum absolute atomic E-state index is 0.0477. The van der Waals surface area contributed by atoms with Gasteiger partial charge in [-0.25, -0.2) is 0 Å². The molecule has 1 saturated heterocycles. The quantitative estimate of drug-likeness (QED) is 0.748. The first kappa shape index (κ1) is 16.3. The molecule has 7 heteroatoms. The maximum absolute atomic E-state index is 13.0. The molecule has 4 rings (SSSR count). The van der Waals surface area contributed by atoms with E-state index in [0.29, 0.717) is 25.2 Å². The summed E-state index contributed by atoms with van der Waals surface area (Å²) in [6, 6.07) is 12.4. The summed E-state index contributed by atoms with van der Waals surface area (Å²) in [5, 5.41) is 10.2. The molecule has 7 nitrogen and oxygen atoms in total. The van der Waals surface area contributed by atoms with Crippen LogP contribution < -0.4 is 10.9 Å². The zero-order valence-electron chi connectivity index (χ0n) is 14.1. The molecule has 1 amide bonds. The second kappa shape index (κ2) is 6.97. The number of aromatic nitrogens is 3. The third-order valence-corrected chi connectivity index (χ3v) is 4.58. The number of para-hydroxylation sites is 1. The van der Waals surface area contributed by atoms with Gasteiger partial charge in [0.25, 0.3) is 11.5 Å². The molecule has 3 aromatic rings. The fourth-order valence-corrected chi connectivity index (χ4v) is 3.20. The minimum Gasteiger partial charge on any atom is -0.335 e. The van der Waals surface area contributed by atoms with Crippen LogP contribution in [0.5, 0.6) is 0 Å². The van der Waals surface area contributed by atoms with Gasteiger partial charge in [0.2, 0.25) is 0 Å². The van der Waals surface area contributed by atoms with Crippen molar-refractivity contribution in [3.63, 3.8) is 0 Å². The number of nitrogens with one attached hydrogen (secondary N) is 2. The Morgan fingerprint density at radius 3 is 2.77 bits per heavy atom. The number of amides is 1. The van der Waals surface area contributed by atoms with Gasteiger partial charge in [0.05, 0.1) is 17.8 Å². The van der Waals surface area contributed by atoms with Crippen LogP contribution in [0.1, 0.15) is 22.0 Å². The van der Waals surface area contributed by atoms with Crippen LogP contribution in [0.2, 0.25) is 0 Å². The molecule has 0 aliphatic carbocycles. The molecule has 1 aromatic carbocycles. The molecule has 2 aromatic heterocycles. The standard InChI is InChI=1S/C19H19N5O2/c25-18-7-6-14(12-24(18)16-4-2-1-3-5-16)19(26)23-9-8-20-17(13-23)15-10-21-22-11-15/h1-7,10-12,17,20H,8-9,13H2,(H,21,22). The summed E-state index contributed by atoms with van der Waals surface area (Å²) in [6.07, 6.45) is 5.22.